The molecule has 0 heterocycles. The Morgan fingerprint density at radius 1 is 1.05 bits per heavy atom. The Hall–Kier alpha value is -1.50. The van der Waals surface area contributed by atoms with Crippen LogP contribution in [0.5, 0.6) is 0 Å². The normalized spacial score (nSPS) is 13.2. The third-order valence-corrected chi connectivity index (χ3v) is 3.03. The van der Waals surface area contributed by atoms with Gasteiger partial charge in [-0.25, -0.2) is 0 Å². The molecule has 21 heavy (non-hydrogen) atoms. The van der Waals surface area contributed by atoms with Gasteiger partial charge in [-0.05, 0) is 12.1 Å². The molecule has 0 saturated carbocycles. The highest BCUT2D eigenvalue weighted by Gasteiger charge is 2.55. The average Bonchev–Trinajstić information content (AvgIpc) is 2.33. The minimum Gasteiger partial charge on any atom is -0.296 e. The summed E-state index contributed by atoms with van der Waals surface area (Å²) in [6.07, 6.45) is -8.28. The molecule has 0 aliphatic carbocycles. The average molecular weight is 336 g/mol. The van der Waals surface area contributed by atoms with Gasteiger partial charge in [-0.3, -0.25) is 5.43 Å². The monoisotopic (exact) mass is 336 g/mol. The lowest BCUT2D eigenvalue weighted by Crippen LogP contribution is -2.37. The van der Waals surface area contributed by atoms with Gasteiger partial charge in [0.25, 0.3) is 0 Å². The van der Waals surface area contributed by atoms with Gasteiger partial charge in [0.2, 0.25) is 0 Å². The molecule has 0 aliphatic rings. The fourth-order valence-electron chi connectivity index (χ4n) is 1.03. The predicted molar refractivity (Wildman–Crippen MR) is 59.9 cm³/mol. The second-order valence-electron chi connectivity index (χ2n) is 3.63. The number of halogens is 5. The maximum absolute atomic E-state index is 12.9. The van der Waals surface area contributed by atoms with E-state index in [1.54, 1.807) is 23.8 Å². The minimum atomic E-state index is -5.93. The zero-order chi connectivity index (χ0) is 16.1. The van der Waals surface area contributed by atoms with E-state index in [1.165, 1.54) is 12.1 Å². The summed E-state index contributed by atoms with van der Waals surface area (Å²) in [6.45, 7) is 0. The first-order chi connectivity index (χ1) is 9.54. The maximum atomic E-state index is 12.9. The van der Waals surface area contributed by atoms with Crippen LogP contribution in [0.1, 0.15) is 6.42 Å². The first-order valence-corrected chi connectivity index (χ1v) is 6.55. The topological polar surface area (TPSA) is 76.7 Å². The molecule has 2 N–H and O–H groups in total. The third-order valence-electron chi connectivity index (χ3n) is 1.91. The number of rotatable bonds is 7. The van der Waals surface area contributed by atoms with Gasteiger partial charge >= 0.3 is 21.5 Å². The summed E-state index contributed by atoms with van der Waals surface area (Å²) in [4.78, 5) is 3.71. The van der Waals surface area contributed by atoms with Gasteiger partial charge in [-0.1, -0.05) is 28.1 Å². The SMILES string of the molecule is O=S(=O)(OONNc1ccccc1)C(F)(F)CC(F)(F)F. The summed E-state index contributed by atoms with van der Waals surface area (Å²) in [5.74, 6) is 0. The van der Waals surface area contributed by atoms with Crippen molar-refractivity contribution in [2.45, 2.75) is 17.9 Å². The molecule has 12 heteroatoms. The van der Waals surface area contributed by atoms with Gasteiger partial charge in [0.05, 0.1) is 5.69 Å². The Morgan fingerprint density at radius 2 is 1.62 bits per heavy atom. The number of hydrogen-bond acceptors (Lipinski definition) is 6. The second kappa shape index (κ2) is 6.51. The Kier molecular flexibility index (Phi) is 5.44. The lowest BCUT2D eigenvalue weighted by atomic mass is 10.3. The second-order valence-corrected chi connectivity index (χ2v) is 5.27. The molecular formula is C9H9F5N2O4S. The maximum Gasteiger partial charge on any atom is 0.396 e. The highest BCUT2D eigenvalue weighted by molar-refractivity contribution is 7.87. The van der Waals surface area contributed by atoms with Gasteiger partial charge in [0.15, 0.2) is 0 Å². The standard InChI is InChI=1S/C9H9F5N2O4S/c10-8(11,12)6-9(13,14)21(17,18)20-19-16-15-7-4-2-1-3-5-7/h1-5,15-16H,6H2. The molecule has 1 aromatic carbocycles. The highest BCUT2D eigenvalue weighted by Crippen LogP contribution is 2.36. The Balaban J connectivity index is 2.49. The molecule has 1 rings (SSSR count). The first-order valence-electron chi connectivity index (χ1n) is 5.14. The summed E-state index contributed by atoms with van der Waals surface area (Å²) in [5.41, 5.74) is 4.16. The Morgan fingerprint density at radius 3 is 2.14 bits per heavy atom. The van der Waals surface area contributed by atoms with Crippen LogP contribution in [0, 0.1) is 0 Å². The zero-order valence-electron chi connectivity index (χ0n) is 10.0. The quantitative estimate of drug-likeness (QED) is 0.344. The Bertz CT molecular complexity index is 549. The van der Waals surface area contributed by atoms with Crippen molar-refractivity contribution in [1.29, 1.82) is 0 Å². The van der Waals surface area contributed by atoms with Gasteiger partial charge in [-0.15, -0.1) is 4.99 Å². The fraction of sp³-hybridized carbons (Fsp3) is 0.333. The van der Waals surface area contributed by atoms with Crippen LogP contribution < -0.4 is 11.0 Å². The molecule has 0 atom stereocenters. The van der Waals surface area contributed by atoms with Crippen LogP contribution in [0.4, 0.5) is 27.6 Å². The molecule has 0 spiro atoms. The lowest BCUT2D eigenvalue weighted by molar-refractivity contribution is -0.255. The van der Waals surface area contributed by atoms with E-state index in [-0.39, 0.29) is 0 Å². The van der Waals surface area contributed by atoms with Crippen LogP contribution in [0.25, 0.3) is 0 Å². The van der Waals surface area contributed by atoms with Crippen molar-refractivity contribution >= 4 is 15.8 Å². The predicted octanol–water partition coefficient (Wildman–Crippen LogP) is 2.34. The van der Waals surface area contributed by atoms with E-state index in [9.17, 15) is 30.4 Å². The summed E-state index contributed by atoms with van der Waals surface area (Å²) < 4.78 is 86.3. The van der Waals surface area contributed by atoms with E-state index in [4.69, 9.17) is 0 Å². The van der Waals surface area contributed by atoms with Crippen molar-refractivity contribution in [2.24, 2.45) is 0 Å². The largest absolute Gasteiger partial charge is 0.396 e. The van der Waals surface area contributed by atoms with Crippen molar-refractivity contribution < 1.29 is 39.7 Å². The van der Waals surface area contributed by atoms with Gasteiger partial charge < -0.3 is 0 Å². The van der Waals surface area contributed by atoms with Crippen molar-refractivity contribution in [2.75, 3.05) is 5.43 Å². The summed E-state index contributed by atoms with van der Waals surface area (Å²) in [5, 5.41) is -5.18. The van der Waals surface area contributed by atoms with Gasteiger partial charge in [0, 0.05) is 0 Å². The van der Waals surface area contributed by atoms with Crippen molar-refractivity contribution in [3.63, 3.8) is 0 Å². The van der Waals surface area contributed by atoms with Crippen molar-refractivity contribution in [3.8, 4) is 0 Å². The van der Waals surface area contributed by atoms with E-state index in [0.29, 0.717) is 5.69 Å². The van der Waals surface area contributed by atoms with Crippen LogP contribution in [0.3, 0.4) is 0 Å². The number of nitrogens with one attached hydrogen (secondary N) is 2. The molecule has 120 valence electrons. The van der Waals surface area contributed by atoms with Gasteiger partial charge in [-0.2, -0.15) is 30.4 Å². The lowest BCUT2D eigenvalue weighted by Gasteiger charge is -2.17. The molecule has 0 radical (unpaired) electrons. The first kappa shape index (κ1) is 17.6. The molecule has 0 bridgehead atoms. The van der Waals surface area contributed by atoms with E-state index in [2.05, 4.69) is 14.7 Å². The van der Waals surface area contributed by atoms with Crippen LogP contribution >= 0.6 is 0 Å². The molecule has 6 nitrogen and oxygen atoms in total. The smallest absolute Gasteiger partial charge is 0.296 e. The van der Waals surface area contributed by atoms with E-state index >= 15 is 0 Å². The molecule has 0 unspecified atom stereocenters. The van der Waals surface area contributed by atoms with Crippen LogP contribution in [0.15, 0.2) is 30.3 Å². The molecule has 0 saturated heterocycles. The fourth-order valence-corrected chi connectivity index (χ4v) is 1.60. The molecular weight excluding hydrogens is 327 g/mol. The summed E-state index contributed by atoms with van der Waals surface area (Å²) >= 11 is 0. The number of hydrogen-bond donors (Lipinski definition) is 2. The zero-order valence-corrected chi connectivity index (χ0v) is 10.8. The van der Waals surface area contributed by atoms with Gasteiger partial charge in [0.1, 0.15) is 6.42 Å². The summed E-state index contributed by atoms with van der Waals surface area (Å²) in [7, 11) is -5.93. The molecule has 0 amide bonds. The molecule has 0 aliphatic heterocycles. The third kappa shape index (κ3) is 5.79. The van der Waals surface area contributed by atoms with E-state index in [1.807, 2.05) is 0 Å². The number of alkyl halides is 5. The van der Waals surface area contributed by atoms with E-state index in [0.717, 1.165) is 0 Å². The number of benzene rings is 1. The van der Waals surface area contributed by atoms with Crippen molar-refractivity contribution in [3.05, 3.63) is 30.3 Å². The number of hydrazine groups is 1. The Labute approximate surface area is 115 Å². The minimum absolute atomic E-state index is 0.348. The molecule has 0 fully saturated rings. The number of para-hydroxylation sites is 1. The summed E-state index contributed by atoms with van der Waals surface area (Å²) in [6, 6.07) is 7.80. The highest BCUT2D eigenvalue weighted by atomic mass is 32.2. The van der Waals surface area contributed by atoms with Crippen LogP contribution in [-0.2, 0) is 19.4 Å². The number of anilines is 1. The van der Waals surface area contributed by atoms with Crippen LogP contribution in [0.2, 0.25) is 0 Å². The van der Waals surface area contributed by atoms with Crippen LogP contribution in [-0.4, -0.2) is 19.8 Å². The van der Waals surface area contributed by atoms with E-state index < -0.39 is 28.0 Å². The molecule has 1 aromatic rings. The van der Waals surface area contributed by atoms with Crippen molar-refractivity contribution in [1.82, 2.24) is 5.59 Å². The molecule has 0 aromatic heterocycles.